The maximum Gasteiger partial charge on any atom is 0.286 e. The van der Waals surface area contributed by atoms with Gasteiger partial charge in [0, 0.05) is 43.1 Å². The average molecular weight is 347 g/mol. The van der Waals surface area contributed by atoms with Crippen LogP contribution in [-0.4, -0.2) is 27.9 Å². The second-order valence-electron chi connectivity index (χ2n) is 5.75. The topological polar surface area (TPSA) is 95.8 Å². The molecule has 0 spiro atoms. The molecule has 4 aromatic heterocycles. The number of hydrogen-bond donors (Lipinski definition) is 3. The predicted octanol–water partition coefficient (Wildman–Crippen LogP) is 3.19. The van der Waals surface area contributed by atoms with E-state index in [1.54, 1.807) is 25.4 Å². The van der Waals surface area contributed by atoms with Crippen molar-refractivity contribution in [3.63, 3.8) is 0 Å². The standard InChI is InChI=1S/C19H17N5O2/c1-20-19(25)16-5-4-15(26-16)14-9-17(24-18-13(14)6-8-22-18)23-11-12-3-2-7-21-10-12/h2-10H,11H2,1H3,(H,20,25)(H2,22,23,24). The van der Waals surface area contributed by atoms with Gasteiger partial charge in [0.25, 0.3) is 5.91 Å². The number of amides is 1. The minimum absolute atomic E-state index is 0.259. The molecule has 130 valence electrons. The van der Waals surface area contributed by atoms with Crippen molar-refractivity contribution < 1.29 is 9.21 Å². The van der Waals surface area contributed by atoms with Gasteiger partial charge in [-0.2, -0.15) is 0 Å². The van der Waals surface area contributed by atoms with E-state index in [0.29, 0.717) is 18.1 Å². The third kappa shape index (κ3) is 3.02. The number of carbonyl (C=O) groups is 1. The lowest BCUT2D eigenvalue weighted by Gasteiger charge is -2.08. The van der Waals surface area contributed by atoms with Crippen molar-refractivity contribution in [1.82, 2.24) is 20.3 Å². The van der Waals surface area contributed by atoms with Gasteiger partial charge in [-0.05, 0) is 35.9 Å². The maximum atomic E-state index is 11.8. The fourth-order valence-electron chi connectivity index (χ4n) is 2.76. The van der Waals surface area contributed by atoms with Crippen LogP contribution in [0.15, 0.2) is 59.4 Å². The highest BCUT2D eigenvalue weighted by Crippen LogP contribution is 2.31. The molecule has 4 heterocycles. The van der Waals surface area contributed by atoms with E-state index in [9.17, 15) is 4.79 Å². The summed E-state index contributed by atoms with van der Waals surface area (Å²) < 4.78 is 5.73. The number of hydrogen-bond acceptors (Lipinski definition) is 5. The molecule has 0 saturated carbocycles. The largest absolute Gasteiger partial charge is 0.451 e. The summed E-state index contributed by atoms with van der Waals surface area (Å²) in [5, 5.41) is 6.79. The third-order valence-electron chi connectivity index (χ3n) is 4.05. The zero-order valence-corrected chi connectivity index (χ0v) is 14.1. The molecule has 0 aromatic carbocycles. The van der Waals surface area contributed by atoms with E-state index < -0.39 is 0 Å². The van der Waals surface area contributed by atoms with Crippen LogP contribution in [-0.2, 0) is 6.54 Å². The van der Waals surface area contributed by atoms with Crippen LogP contribution in [0.25, 0.3) is 22.4 Å². The zero-order valence-electron chi connectivity index (χ0n) is 14.1. The molecule has 0 aliphatic carbocycles. The number of anilines is 1. The van der Waals surface area contributed by atoms with Crippen LogP contribution in [0, 0.1) is 0 Å². The molecule has 4 aromatic rings. The third-order valence-corrected chi connectivity index (χ3v) is 4.05. The summed E-state index contributed by atoms with van der Waals surface area (Å²) in [4.78, 5) is 23.6. The summed E-state index contributed by atoms with van der Waals surface area (Å²) in [6.45, 7) is 0.605. The molecule has 0 atom stereocenters. The van der Waals surface area contributed by atoms with Gasteiger partial charge in [0.2, 0.25) is 0 Å². The molecule has 4 rings (SSSR count). The number of nitrogens with zero attached hydrogens (tertiary/aromatic N) is 2. The number of aromatic amines is 1. The molecule has 7 nitrogen and oxygen atoms in total. The highest BCUT2D eigenvalue weighted by atomic mass is 16.3. The van der Waals surface area contributed by atoms with Crippen molar-refractivity contribution >= 4 is 22.8 Å². The van der Waals surface area contributed by atoms with E-state index in [0.717, 1.165) is 22.2 Å². The minimum atomic E-state index is -0.259. The lowest BCUT2D eigenvalue weighted by Crippen LogP contribution is -2.16. The van der Waals surface area contributed by atoms with Crippen molar-refractivity contribution in [2.24, 2.45) is 0 Å². The molecule has 0 aliphatic rings. The van der Waals surface area contributed by atoms with Gasteiger partial charge >= 0.3 is 0 Å². The molecule has 0 bridgehead atoms. The van der Waals surface area contributed by atoms with Gasteiger partial charge in [-0.1, -0.05) is 6.07 Å². The smallest absolute Gasteiger partial charge is 0.286 e. The van der Waals surface area contributed by atoms with E-state index in [1.165, 1.54) is 0 Å². The maximum absolute atomic E-state index is 11.8. The number of rotatable bonds is 5. The van der Waals surface area contributed by atoms with Gasteiger partial charge in [-0.3, -0.25) is 9.78 Å². The Bertz CT molecular complexity index is 1050. The minimum Gasteiger partial charge on any atom is -0.451 e. The molecule has 0 saturated heterocycles. The first kappa shape index (κ1) is 15.9. The molecule has 0 unspecified atom stereocenters. The highest BCUT2D eigenvalue weighted by Gasteiger charge is 2.15. The lowest BCUT2D eigenvalue weighted by molar-refractivity contribution is 0.0936. The van der Waals surface area contributed by atoms with E-state index in [4.69, 9.17) is 4.42 Å². The Labute approximate surface area is 149 Å². The zero-order chi connectivity index (χ0) is 17.9. The van der Waals surface area contributed by atoms with Crippen molar-refractivity contribution in [3.05, 3.63) is 66.3 Å². The fraction of sp³-hybridized carbons (Fsp3) is 0.105. The predicted molar refractivity (Wildman–Crippen MR) is 98.7 cm³/mol. The quantitative estimate of drug-likeness (QED) is 0.515. The van der Waals surface area contributed by atoms with Gasteiger partial charge in [0.05, 0.1) is 0 Å². The molecule has 26 heavy (non-hydrogen) atoms. The Morgan fingerprint density at radius 1 is 1.27 bits per heavy atom. The molecular formula is C19H17N5O2. The molecule has 0 aliphatic heterocycles. The van der Waals surface area contributed by atoms with Crippen LogP contribution in [0.4, 0.5) is 5.82 Å². The molecule has 1 amide bonds. The summed E-state index contributed by atoms with van der Waals surface area (Å²) in [5.41, 5.74) is 2.66. The first-order valence-electron chi connectivity index (χ1n) is 8.18. The first-order valence-corrected chi connectivity index (χ1v) is 8.18. The van der Waals surface area contributed by atoms with E-state index in [2.05, 4.69) is 25.6 Å². The second kappa shape index (κ2) is 6.72. The van der Waals surface area contributed by atoms with Crippen LogP contribution in [0.2, 0.25) is 0 Å². The van der Waals surface area contributed by atoms with E-state index in [1.807, 2.05) is 36.7 Å². The number of carbonyl (C=O) groups excluding carboxylic acids is 1. The summed E-state index contributed by atoms with van der Waals surface area (Å²) in [6, 6.07) is 11.2. The number of aromatic nitrogens is 3. The Morgan fingerprint density at radius 2 is 2.19 bits per heavy atom. The number of H-pyrrole nitrogens is 1. The Balaban J connectivity index is 1.68. The van der Waals surface area contributed by atoms with Crippen LogP contribution in [0.3, 0.4) is 0 Å². The highest BCUT2D eigenvalue weighted by molar-refractivity contribution is 5.95. The summed E-state index contributed by atoms with van der Waals surface area (Å²) in [6.07, 6.45) is 5.38. The molecule has 7 heteroatoms. The molecule has 3 N–H and O–H groups in total. The Hall–Kier alpha value is -3.61. The van der Waals surface area contributed by atoms with Crippen LogP contribution < -0.4 is 10.6 Å². The van der Waals surface area contributed by atoms with Crippen molar-refractivity contribution in [1.29, 1.82) is 0 Å². The van der Waals surface area contributed by atoms with E-state index >= 15 is 0 Å². The van der Waals surface area contributed by atoms with Crippen LogP contribution in [0.5, 0.6) is 0 Å². The van der Waals surface area contributed by atoms with Crippen molar-refractivity contribution in [3.8, 4) is 11.3 Å². The lowest BCUT2D eigenvalue weighted by atomic mass is 10.1. The number of nitrogens with one attached hydrogen (secondary N) is 3. The van der Waals surface area contributed by atoms with Gasteiger partial charge in [0.15, 0.2) is 5.76 Å². The van der Waals surface area contributed by atoms with Gasteiger partial charge in [-0.25, -0.2) is 4.98 Å². The number of furan rings is 1. The van der Waals surface area contributed by atoms with E-state index in [-0.39, 0.29) is 11.7 Å². The number of pyridine rings is 2. The van der Waals surface area contributed by atoms with Crippen LogP contribution in [0.1, 0.15) is 16.1 Å². The van der Waals surface area contributed by atoms with Gasteiger partial charge < -0.3 is 20.0 Å². The van der Waals surface area contributed by atoms with Crippen molar-refractivity contribution in [2.45, 2.75) is 6.54 Å². The number of fused-ring (bicyclic) bond motifs is 1. The Kier molecular flexibility index (Phi) is 4.10. The summed E-state index contributed by atoms with van der Waals surface area (Å²) in [5.74, 6) is 1.33. The van der Waals surface area contributed by atoms with Crippen LogP contribution >= 0.6 is 0 Å². The monoisotopic (exact) mass is 347 g/mol. The summed E-state index contributed by atoms with van der Waals surface area (Å²) >= 11 is 0. The second-order valence-corrected chi connectivity index (χ2v) is 5.75. The van der Waals surface area contributed by atoms with Crippen molar-refractivity contribution in [2.75, 3.05) is 12.4 Å². The van der Waals surface area contributed by atoms with Gasteiger partial charge in [-0.15, -0.1) is 0 Å². The molecular weight excluding hydrogens is 330 g/mol. The molecule has 0 fully saturated rings. The average Bonchev–Trinajstić information content (AvgIpc) is 3.35. The molecule has 0 radical (unpaired) electrons. The fourth-order valence-corrected chi connectivity index (χ4v) is 2.76. The normalized spacial score (nSPS) is 10.8. The summed E-state index contributed by atoms with van der Waals surface area (Å²) in [7, 11) is 1.57. The SMILES string of the molecule is CNC(=O)c1ccc(-c2cc(NCc3cccnc3)nc3[nH]ccc23)o1. The Morgan fingerprint density at radius 3 is 3.00 bits per heavy atom. The first-order chi connectivity index (χ1) is 12.7. The van der Waals surface area contributed by atoms with Gasteiger partial charge in [0.1, 0.15) is 17.2 Å².